The van der Waals surface area contributed by atoms with E-state index in [1.807, 2.05) is 61.5 Å². The van der Waals surface area contributed by atoms with Gasteiger partial charge in [0.2, 0.25) is 11.8 Å². The Morgan fingerprint density at radius 2 is 1.77 bits per heavy atom. The highest BCUT2D eigenvalue weighted by Crippen LogP contribution is 2.25. The third-order valence-electron chi connectivity index (χ3n) is 5.41. The van der Waals surface area contributed by atoms with Crippen molar-refractivity contribution in [2.45, 2.75) is 19.4 Å². The molecule has 0 radical (unpaired) electrons. The van der Waals surface area contributed by atoms with Crippen LogP contribution in [0, 0.1) is 0 Å². The zero-order valence-electron chi connectivity index (χ0n) is 18.3. The predicted molar refractivity (Wildman–Crippen MR) is 122 cm³/mol. The maximum atomic E-state index is 13.3. The number of nitrogens with zero attached hydrogens (tertiary/aromatic N) is 2. The Balaban J connectivity index is 1.67. The molecule has 1 atom stereocenters. The summed E-state index contributed by atoms with van der Waals surface area (Å²) in [6, 6.07) is 16.8. The highest BCUT2D eigenvalue weighted by molar-refractivity contribution is 5.95. The molecule has 0 aromatic heterocycles. The van der Waals surface area contributed by atoms with Crippen LogP contribution in [0.5, 0.6) is 5.75 Å². The minimum absolute atomic E-state index is 0.0608. The summed E-state index contributed by atoms with van der Waals surface area (Å²) in [6.07, 6.45) is 0.931. The van der Waals surface area contributed by atoms with Gasteiger partial charge in [-0.05, 0) is 24.1 Å². The Bertz CT molecular complexity index is 851. The molecule has 2 N–H and O–H groups in total. The number of ether oxygens (including phenoxy) is 1. The molecule has 0 spiro atoms. The van der Waals surface area contributed by atoms with Gasteiger partial charge in [-0.1, -0.05) is 43.3 Å². The van der Waals surface area contributed by atoms with Crippen molar-refractivity contribution in [3.05, 3.63) is 60.2 Å². The minimum atomic E-state index is -0.400. The lowest BCUT2D eigenvalue weighted by molar-refractivity contribution is -0.125. The number of hydrogen-bond acceptors (Lipinski definition) is 5. The first-order valence-corrected chi connectivity index (χ1v) is 10.8. The van der Waals surface area contributed by atoms with Gasteiger partial charge in [0, 0.05) is 44.5 Å². The van der Waals surface area contributed by atoms with Crippen LogP contribution in [0.4, 0.5) is 5.69 Å². The van der Waals surface area contributed by atoms with Gasteiger partial charge in [0.1, 0.15) is 11.8 Å². The number of carbonyl (C=O) groups is 2. The smallest absolute Gasteiger partial charge is 0.246 e. The molecule has 0 bridgehead atoms. The van der Waals surface area contributed by atoms with Crippen molar-refractivity contribution in [2.75, 3.05) is 51.7 Å². The van der Waals surface area contributed by atoms with Gasteiger partial charge in [-0.2, -0.15) is 0 Å². The van der Waals surface area contributed by atoms with Crippen LogP contribution in [0.15, 0.2) is 54.6 Å². The van der Waals surface area contributed by atoms with Crippen LogP contribution in [0.1, 0.15) is 24.9 Å². The molecule has 3 rings (SSSR count). The minimum Gasteiger partial charge on any atom is -0.497 e. The van der Waals surface area contributed by atoms with Gasteiger partial charge in [-0.15, -0.1) is 0 Å². The van der Waals surface area contributed by atoms with E-state index >= 15 is 0 Å². The average molecular weight is 425 g/mol. The Hall–Kier alpha value is -2.90. The summed E-state index contributed by atoms with van der Waals surface area (Å²) < 4.78 is 5.27. The van der Waals surface area contributed by atoms with Gasteiger partial charge >= 0.3 is 0 Å². The molecule has 166 valence electrons. The maximum absolute atomic E-state index is 13.3. The Morgan fingerprint density at radius 1 is 1.03 bits per heavy atom. The third kappa shape index (κ3) is 6.54. The highest BCUT2D eigenvalue weighted by Gasteiger charge is 2.31. The topological polar surface area (TPSA) is 73.9 Å². The molecule has 1 fully saturated rings. The number of anilines is 1. The van der Waals surface area contributed by atoms with Crippen LogP contribution in [0.3, 0.4) is 0 Å². The second-order valence-corrected chi connectivity index (χ2v) is 7.70. The zero-order valence-corrected chi connectivity index (χ0v) is 18.3. The summed E-state index contributed by atoms with van der Waals surface area (Å²) in [6.45, 7) is 6.07. The van der Waals surface area contributed by atoms with Crippen molar-refractivity contribution < 1.29 is 14.3 Å². The number of benzene rings is 2. The van der Waals surface area contributed by atoms with E-state index in [9.17, 15) is 9.59 Å². The SMILES string of the molecule is CCCNC(=O)CN1CCN([C@H](C(=O)Nc2cccc(OC)c2)c2ccccc2)CC1. The number of methoxy groups -OCH3 is 1. The second-order valence-electron chi connectivity index (χ2n) is 7.70. The molecule has 2 aromatic carbocycles. The van der Waals surface area contributed by atoms with Crippen LogP contribution >= 0.6 is 0 Å². The van der Waals surface area contributed by atoms with Gasteiger partial charge in [-0.25, -0.2) is 0 Å². The number of nitrogens with one attached hydrogen (secondary N) is 2. The van der Waals surface area contributed by atoms with Crippen LogP contribution in [-0.4, -0.2) is 68.0 Å². The zero-order chi connectivity index (χ0) is 22.1. The fourth-order valence-corrected chi connectivity index (χ4v) is 3.78. The fourth-order valence-electron chi connectivity index (χ4n) is 3.78. The number of piperazine rings is 1. The molecule has 1 heterocycles. The van der Waals surface area contributed by atoms with Gasteiger partial charge in [0.15, 0.2) is 0 Å². The maximum Gasteiger partial charge on any atom is 0.246 e. The molecule has 31 heavy (non-hydrogen) atoms. The second kappa shape index (κ2) is 11.5. The van der Waals surface area contributed by atoms with E-state index in [-0.39, 0.29) is 11.8 Å². The van der Waals surface area contributed by atoms with Crippen LogP contribution in [-0.2, 0) is 9.59 Å². The molecule has 1 saturated heterocycles. The van der Waals surface area contributed by atoms with Crippen molar-refractivity contribution in [2.24, 2.45) is 0 Å². The summed E-state index contributed by atoms with van der Waals surface area (Å²) in [7, 11) is 1.61. The van der Waals surface area contributed by atoms with E-state index < -0.39 is 6.04 Å². The summed E-state index contributed by atoms with van der Waals surface area (Å²) in [5.74, 6) is 0.684. The molecule has 0 saturated carbocycles. The Kier molecular flexibility index (Phi) is 8.44. The lowest BCUT2D eigenvalue weighted by Crippen LogP contribution is -2.52. The fraction of sp³-hybridized carbons (Fsp3) is 0.417. The predicted octanol–water partition coefficient (Wildman–Crippen LogP) is 2.52. The Morgan fingerprint density at radius 3 is 2.45 bits per heavy atom. The molecule has 7 nitrogen and oxygen atoms in total. The molecular formula is C24H32N4O3. The van der Waals surface area contributed by atoms with E-state index in [1.54, 1.807) is 7.11 Å². The highest BCUT2D eigenvalue weighted by atomic mass is 16.5. The van der Waals surface area contributed by atoms with Crippen molar-refractivity contribution >= 4 is 17.5 Å². The average Bonchev–Trinajstić information content (AvgIpc) is 2.80. The number of carbonyl (C=O) groups excluding carboxylic acids is 2. The van der Waals surface area contributed by atoms with Gasteiger partial charge < -0.3 is 15.4 Å². The Labute approximate surface area is 184 Å². The molecule has 0 aliphatic carbocycles. The van der Waals surface area contributed by atoms with Crippen LogP contribution < -0.4 is 15.4 Å². The summed E-state index contributed by atoms with van der Waals surface area (Å²) in [5, 5.41) is 5.97. The number of hydrogen-bond donors (Lipinski definition) is 2. The van der Waals surface area contributed by atoms with Crippen molar-refractivity contribution in [1.29, 1.82) is 0 Å². The summed E-state index contributed by atoms with van der Waals surface area (Å²) in [4.78, 5) is 29.7. The van der Waals surface area contributed by atoms with E-state index in [0.29, 0.717) is 37.6 Å². The quantitative estimate of drug-likeness (QED) is 0.647. The normalized spacial score (nSPS) is 15.8. The van der Waals surface area contributed by atoms with Crippen LogP contribution in [0.2, 0.25) is 0 Å². The first kappa shape index (κ1) is 22.8. The van der Waals surface area contributed by atoms with Crippen molar-refractivity contribution in [3.8, 4) is 5.75 Å². The van der Waals surface area contributed by atoms with Gasteiger partial charge in [0.05, 0.1) is 13.7 Å². The standard InChI is InChI=1S/C24H32N4O3/c1-3-12-25-22(29)18-27-13-15-28(16-14-27)23(19-8-5-4-6-9-19)24(30)26-20-10-7-11-21(17-20)31-2/h4-11,17,23H,3,12-16,18H2,1-2H3,(H,25,29)(H,26,30)/t23-/m0/s1. The van der Waals surface area contributed by atoms with Gasteiger partial charge in [-0.3, -0.25) is 19.4 Å². The van der Waals surface area contributed by atoms with Crippen molar-refractivity contribution in [1.82, 2.24) is 15.1 Å². The van der Waals surface area contributed by atoms with Crippen molar-refractivity contribution in [3.63, 3.8) is 0 Å². The molecule has 2 aromatic rings. The molecular weight excluding hydrogens is 392 g/mol. The summed E-state index contributed by atoms with van der Waals surface area (Å²) in [5.41, 5.74) is 1.66. The lowest BCUT2D eigenvalue weighted by atomic mass is 10.0. The molecule has 1 aliphatic rings. The van der Waals surface area contributed by atoms with E-state index in [1.165, 1.54) is 0 Å². The third-order valence-corrected chi connectivity index (χ3v) is 5.41. The molecule has 7 heteroatoms. The molecule has 2 amide bonds. The number of amides is 2. The molecule has 1 aliphatic heterocycles. The van der Waals surface area contributed by atoms with E-state index in [0.717, 1.165) is 25.1 Å². The van der Waals surface area contributed by atoms with E-state index in [2.05, 4.69) is 20.4 Å². The number of rotatable bonds is 9. The summed E-state index contributed by atoms with van der Waals surface area (Å²) >= 11 is 0. The van der Waals surface area contributed by atoms with E-state index in [4.69, 9.17) is 4.74 Å². The van der Waals surface area contributed by atoms with Crippen LogP contribution in [0.25, 0.3) is 0 Å². The largest absolute Gasteiger partial charge is 0.497 e. The molecule has 0 unspecified atom stereocenters. The van der Waals surface area contributed by atoms with Gasteiger partial charge in [0.25, 0.3) is 0 Å². The first-order chi connectivity index (χ1) is 15.1. The monoisotopic (exact) mass is 424 g/mol. The lowest BCUT2D eigenvalue weighted by Gasteiger charge is -2.38. The first-order valence-electron chi connectivity index (χ1n) is 10.8.